The van der Waals surface area contributed by atoms with E-state index in [1.807, 2.05) is 0 Å². The average molecular weight is 270 g/mol. The molecule has 0 unspecified atom stereocenters. The lowest BCUT2D eigenvalue weighted by Gasteiger charge is -2.28. The second-order valence-corrected chi connectivity index (χ2v) is 7.70. The molecule has 0 aromatic carbocycles. The van der Waals surface area contributed by atoms with E-state index in [4.69, 9.17) is 4.99 Å². The van der Waals surface area contributed by atoms with Crippen LogP contribution >= 0.6 is 0 Å². The van der Waals surface area contributed by atoms with Crippen LogP contribution in [0.15, 0.2) is 4.99 Å². The summed E-state index contributed by atoms with van der Waals surface area (Å²) in [5.41, 5.74) is 1.44. The molecule has 0 spiro atoms. The van der Waals surface area contributed by atoms with Crippen LogP contribution in [0, 0.1) is 0 Å². The van der Waals surface area contributed by atoms with Crippen molar-refractivity contribution in [1.29, 1.82) is 0 Å². The van der Waals surface area contributed by atoms with E-state index < -0.39 is 8.80 Å². The lowest BCUT2D eigenvalue weighted by molar-refractivity contribution is 0.402. The van der Waals surface area contributed by atoms with Gasteiger partial charge in [-0.2, -0.15) is 0 Å². The molecule has 0 atom stereocenters. The summed E-state index contributed by atoms with van der Waals surface area (Å²) < 4.78 is 0. The fourth-order valence-corrected chi connectivity index (χ4v) is 3.22. The number of nitrogens with zero attached hydrogens (tertiary/aromatic N) is 2. The van der Waals surface area contributed by atoms with Crippen molar-refractivity contribution >= 4 is 14.3 Å². The summed E-state index contributed by atoms with van der Waals surface area (Å²) in [6, 6.07) is 0. The molecule has 0 amide bonds. The Labute approximate surface area is 116 Å². The zero-order chi connectivity index (χ0) is 13.8. The first kappa shape index (κ1) is 17.7. The molecule has 0 aliphatic heterocycles. The molecule has 18 heavy (non-hydrogen) atoms. The number of rotatable bonds is 10. The highest BCUT2D eigenvalue weighted by Gasteiger charge is 2.14. The van der Waals surface area contributed by atoms with Crippen molar-refractivity contribution in [2.45, 2.75) is 72.4 Å². The zero-order valence-electron chi connectivity index (χ0n) is 13.3. The van der Waals surface area contributed by atoms with Crippen LogP contribution in [0.4, 0.5) is 0 Å². The summed E-state index contributed by atoms with van der Waals surface area (Å²) in [6.07, 6.45) is 7.63. The molecule has 0 aliphatic rings. The van der Waals surface area contributed by atoms with Gasteiger partial charge in [0.2, 0.25) is 0 Å². The van der Waals surface area contributed by atoms with E-state index >= 15 is 0 Å². The zero-order valence-corrected chi connectivity index (χ0v) is 14.3. The van der Waals surface area contributed by atoms with Crippen molar-refractivity contribution in [3.05, 3.63) is 0 Å². The lowest BCUT2D eigenvalue weighted by atomic mass is 10.3. The van der Waals surface area contributed by atoms with Gasteiger partial charge in [0.15, 0.2) is 0 Å². The third-order valence-electron chi connectivity index (χ3n) is 3.08. The van der Waals surface area contributed by atoms with Crippen molar-refractivity contribution in [2.24, 2.45) is 4.99 Å². The van der Waals surface area contributed by atoms with Crippen LogP contribution in [0.1, 0.15) is 59.3 Å². The van der Waals surface area contributed by atoms with Gasteiger partial charge < -0.3 is 4.90 Å². The Hall–Kier alpha value is -0.313. The van der Waals surface area contributed by atoms with E-state index in [9.17, 15) is 0 Å². The number of hydrogen-bond donors (Lipinski definition) is 0. The third-order valence-corrected chi connectivity index (χ3v) is 4.45. The third kappa shape index (κ3) is 7.91. The van der Waals surface area contributed by atoms with Gasteiger partial charge in [-0.25, -0.2) is 0 Å². The van der Waals surface area contributed by atoms with Gasteiger partial charge in [0, 0.05) is 19.6 Å². The normalized spacial score (nSPS) is 12.2. The molecule has 0 aromatic heterocycles. The van der Waals surface area contributed by atoms with Gasteiger partial charge in [-0.3, -0.25) is 4.99 Å². The number of aliphatic imine (C=N–C) groups is 1. The first-order valence-electron chi connectivity index (χ1n) is 7.77. The Morgan fingerprint density at radius 1 is 0.889 bits per heavy atom. The van der Waals surface area contributed by atoms with E-state index in [0.717, 1.165) is 6.54 Å². The molecule has 0 saturated carbocycles. The van der Waals surface area contributed by atoms with Crippen LogP contribution < -0.4 is 0 Å². The summed E-state index contributed by atoms with van der Waals surface area (Å²) in [6.45, 7) is 15.0. The van der Waals surface area contributed by atoms with Crippen molar-refractivity contribution < 1.29 is 0 Å². The Balaban J connectivity index is 4.56. The molecule has 2 nitrogen and oxygen atoms in total. The Kier molecular flexibility index (Phi) is 11.6. The van der Waals surface area contributed by atoms with Crippen LogP contribution in [0.2, 0.25) is 13.1 Å². The maximum absolute atomic E-state index is 4.91. The molecule has 1 radical (unpaired) electrons. The summed E-state index contributed by atoms with van der Waals surface area (Å²) in [4.78, 5) is 7.49. The molecule has 0 rings (SSSR count). The second kappa shape index (κ2) is 11.8. The van der Waals surface area contributed by atoms with Gasteiger partial charge in [-0.15, -0.1) is 0 Å². The smallest absolute Gasteiger partial charge is 0.126 e. The highest BCUT2D eigenvalue weighted by atomic mass is 28.3. The molecule has 0 N–H and O–H groups in total. The molecule has 0 heterocycles. The summed E-state index contributed by atoms with van der Waals surface area (Å²) in [7, 11) is -0.436. The monoisotopic (exact) mass is 269 g/mol. The Morgan fingerprint density at radius 3 is 1.78 bits per heavy atom. The van der Waals surface area contributed by atoms with E-state index in [-0.39, 0.29) is 0 Å². The average Bonchev–Trinajstić information content (AvgIpc) is 2.35. The standard InChI is InChI=1S/C15H33N2Si/c1-6-9-12-16-15(18(4)5)17(13-10-7-2)14-11-8-3/h6-14H2,1-5H3. The molecular weight excluding hydrogens is 236 g/mol. The molecular formula is C15H33N2Si. The van der Waals surface area contributed by atoms with E-state index in [1.54, 1.807) is 0 Å². The minimum absolute atomic E-state index is 0.436. The highest BCUT2D eigenvalue weighted by molar-refractivity contribution is 6.88. The predicted octanol–water partition coefficient (Wildman–Crippen LogP) is 4.38. The van der Waals surface area contributed by atoms with Crippen LogP contribution in [0.5, 0.6) is 0 Å². The number of unbranched alkanes of at least 4 members (excludes halogenated alkanes) is 3. The fourth-order valence-electron chi connectivity index (χ4n) is 1.94. The van der Waals surface area contributed by atoms with Crippen LogP contribution in [0.25, 0.3) is 0 Å². The van der Waals surface area contributed by atoms with Crippen molar-refractivity contribution in [2.75, 3.05) is 19.6 Å². The van der Waals surface area contributed by atoms with Gasteiger partial charge >= 0.3 is 0 Å². The molecule has 0 aliphatic carbocycles. The summed E-state index contributed by atoms with van der Waals surface area (Å²) >= 11 is 0. The molecule has 107 valence electrons. The maximum atomic E-state index is 4.91. The van der Waals surface area contributed by atoms with Crippen LogP contribution in [0.3, 0.4) is 0 Å². The van der Waals surface area contributed by atoms with Crippen molar-refractivity contribution in [3.63, 3.8) is 0 Å². The quantitative estimate of drug-likeness (QED) is 0.249. The van der Waals surface area contributed by atoms with Gasteiger partial charge in [0.25, 0.3) is 0 Å². The second-order valence-electron chi connectivity index (χ2n) is 5.25. The largest absolute Gasteiger partial charge is 0.365 e. The topological polar surface area (TPSA) is 15.6 Å². The molecule has 0 saturated heterocycles. The number of hydrogen-bond acceptors (Lipinski definition) is 1. The van der Waals surface area contributed by atoms with Gasteiger partial charge in [-0.05, 0) is 19.3 Å². The van der Waals surface area contributed by atoms with Gasteiger partial charge in [0.05, 0.1) is 5.46 Å². The molecule has 0 aromatic rings. The molecule has 0 bridgehead atoms. The molecule has 3 heteroatoms. The van der Waals surface area contributed by atoms with Gasteiger partial charge in [0.1, 0.15) is 8.80 Å². The predicted molar refractivity (Wildman–Crippen MR) is 86.1 cm³/mol. The maximum Gasteiger partial charge on any atom is 0.126 e. The van der Waals surface area contributed by atoms with Crippen LogP contribution in [-0.2, 0) is 0 Å². The molecule has 0 fully saturated rings. The van der Waals surface area contributed by atoms with E-state index in [0.29, 0.717) is 0 Å². The first-order valence-corrected chi connectivity index (χ1v) is 10.3. The first-order chi connectivity index (χ1) is 8.67. The Morgan fingerprint density at radius 2 is 1.39 bits per heavy atom. The summed E-state index contributed by atoms with van der Waals surface area (Å²) in [5, 5.41) is 0. The summed E-state index contributed by atoms with van der Waals surface area (Å²) in [5.74, 6) is 0. The minimum atomic E-state index is -0.436. The Bertz CT molecular complexity index is 207. The van der Waals surface area contributed by atoms with Crippen LogP contribution in [-0.4, -0.2) is 38.8 Å². The fraction of sp³-hybridized carbons (Fsp3) is 0.933. The lowest BCUT2D eigenvalue weighted by Crippen LogP contribution is -2.40. The van der Waals surface area contributed by atoms with E-state index in [2.05, 4.69) is 38.8 Å². The van der Waals surface area contributed by atoms with E-state index in [1.165, 1.54) is 57.1 Å². The highest BCUT2D eigenvalue weighted by Crippen LogP contribution is 2.05. The van der Waals surface area contributed by atoms with Crippen molar-refractivity contribution in [1.82, 2.24) is 4.90 Å². The SMILES string of the molecule is CCCCN=C(N(CCCC)CCCC)[Si](C)C. The minimum Gasteiger partial charge on any atom is -0.365 e. The van der Waals surface area contributed by atoms with Gasteiger partial charge in [-0.1, -0.05) is 53.1 Å². The van der Waals surface area contributed by atoms with Crippen molar-refractivity contribution in [3.8, 4) is 0 Å². The number of amidine groups is 1.